The lowest BCUT2D eigenvalue weighted by molar-refractivity contribution is 0.547. The van der Waals surface area contributed by atoms with Crippen molar-refractivity contribution in [3.63, 3.8) is 0 Å². The van der Waals surface area contributed by atoms with Gasteiger partial charge in [-0.2, -0.15) is 0 Å². The van der Waals surface area contributed by atoms with Gasteiger partial charge in [0.2, 0.25) is 0 Å². The summed E-state index contributed by atoms with van der Waals surface area (Å²) >= 11 is 0. The lowest BCUT2D eigenvalue weighted by Gasteiger charge is -2.45. The molecule has 1 fully saturated rings. The van der Waals surface area contributed by atoms with E-state index in [1.807, 2.05) is 0 Å². The molecule has 0 N–H and O–H groups in total. The monoisotopic (exact) mass is 253 g/mol. The highest BCUT2D eigenvalue weighted by atomic mass is 19.1. The Bertz CT molecular complexity index is 598. The molecular formula is C17H16FN. The van der Waals surface area contributed by atoms with Gasteiger partial charge in [0.25, 0.3) is 0 Å². The van der Waals surface area contributed by atoms with E-state index < -0.39 is 0 Å². The first-order valence-corrected chi connectivity index (χ1v) is 6.44. The Hall–Kier alpha value is -2.09. The summed E-state index contributed by atoms with van der Waals surface area (Å²) in [4.78, 5) is 2.17. The normalized spacial score (nSPS) is 18.3. The summed E-state index contributed by atoms with van der Waals surface area (Å²) in [6, 6.07) is 15.5. The van der Waals surface area contributed by atoms with Gasteiger partial charge in [0, 0.05) is 17.8 Å². The van der Waals surface area contributed by atoms with Gasteiger partial charge in [-0.15, -0.1) is 0 Å². The van der Waals surface area contributed by atoms with Crippen molar-refractivity contribution in [2.24, 2.45) is 0 Å². The van der Waals surface area contributed by atoms with E-state index >= 15 is 0 Å². The Morgan fingerprint density at radius 3 is 2.26 bits per heavy atom. The molecule has 1 aliphatic heterocycles. The zero-order valence-electron chi connectivity index (χ0n) is 10.9. The molecule has 1 atom stereocenters. The highest BCUT2D eigenvalue weighted by Crippen LogP contribution is 2.44. The van der Waals surface area contributed by atoms with Gasteiger partial charge >= 0.3 is 0 Å². The van der Waals surface area contributed by atoms with Gasteiger partial charge in [-0.3, -0.25) is 0 Å². The maximum atomic E-state index is 13.0. The highest BCUT2D eigenvalue weighted by molar-refractivity contribution is 5.59. The predicted molar refractivity (Wildman–Crippen MR) is 76.6 cm³/mol. The average molecular weight is 253 g/mol. The molecule has 2 aromatic rings. The Labute approximate surface area is 113 Å². The van der Waals surface area contributed by atoms with E-state index in [4.69, 9.17) is 0 Å². The van der Waals surface area contributed by atoms with Crippen molar-refractivity contribution >= 4 is 5.69 Å². The number of hydrogen-bond donors (Lipinski definition) is 0. The molecular weight excluding hydrogens is 237 g/mol. The number of nitrogens with zero attached hydrogens (tertiary/aromatic N) is 1. The number of aryl methyl sites for hydroxylation is 1. The molecule has 0 aliphatic carbocycles. The van der Waals surface area contributed by atoms with Crippen LogP contribution in [0.2, 0.25) is 0 Å². The minimum Gasteiger partial charge on any atom is -0.338 e. The standard InChI is InChI=1S/C17H16FN/c1-12-3-5-14(6-4-12)17-11-13(2)19(17)16-9-7-15(18)8-10-16/h3-10,17H,2,11H2,1H3. The molecule has 3 rings (SSSR count). The SMILES string of the molecule is C=C1CC(c2ccc(C)cc2)N1c1ccc(F)cc1. The molecule has 2 heteroatoms. The van der Waals surface area contributed by atoms with Gasteiger partial charge in [0.05, 0.1) is 6.04 Å². The second-order valence-corrected chi connectivity index (χ2v) is 5.04. The molecule has 2 aromatic carbocycles. The highest BCUT2D eigenvalue weighted by Gasteiger charge is 2.33. The fraction of sp³-hybridized carbons (Fsp3) is 0.176. The molecule has 0 aromatic heterocycles. The van der Waals surface area contributed by atoms with Crippen LogP contribution < -0.4 is 4.90 Å². The fourth-order valence-electron chi connectivity index (χ4n) is 2.54. The van der Waals surface area contributed by atoms with Crippen molar-refractivity contribution < 1.29 is 4.39 Å². The molecule has 1 saturated heterocycles. The first-order valence-electron chi connectivity index (χ1n) is 6.44. The molecule has 19 heavy (non-hydrogen) atoms. The lowest BCUT2D eigenvalue weighted by Crippen LogP contribution is -2.38. The van der Waals surface area contributed by atoms with Crippen molar-refractivity contribution in [3.05, 3.63) is 77.8 Å². The van der Waals surface area contributed by atoms with Crippen LogP contribution in [-0.2, 0) is 0 Å². The fourth-order valence-corrected chi connectivity index (χ4v) is 2.54. The van der Waals surface area contributed by atoms with Crippen molar-refractivity contribution in [2.75, 3.05) is 4.90 Å². The van der Waals surface area contributed by atoms with E-state index in [2.05, 4.69) is 42.7 Å². The van der Waals surface area contributed by atoms with E-state index in [0.717, 1.165) is 17.8 Å². The van der Waals surface area contributed by atoms with Crippen LogP contribution in [0.3, 0.4) is 0 Å². The molecule has 1 aliphatic rings. The third-order valence-corrected chi connectivity index (χ3v) is 3.65. The number of rotatable bonds is 2. The van der Waals surface area contributed by atoms with Crippen LogP contribution in [0.15, 0.2) is 60.8 Å². The van der Waals surface area contributed by atoms with Crippen LogP contribution in [0.4, 0.5) is 10.1 Å². The largest absolute Gasteiger partial charge is 0.338 e. The third-order valence-electron chi connectivity index (χ3n) is 3.65. The van der Waals surface area contributed by atoms with E-state index in [1.165, 1.54) is 23.3 Å². The predicted octanol–water partition coefficient (Wildman–Crippen LogP) is 4.60. The molecule has 0 bridgehead atoms. The van der Waals surface area contributed by atoms with Gasteiger partial charge < -0.3 is 4.90 Å². The summed E-state index contributed by atoms with van der Waals surface area (Å²) < 4.78 is 13.0. The zero-order valence-corrected chi connectivity index (χ0v) is 10.9. The van der Waals surface area contributed by atoms with Crippen LogP contribution in [-0.4, -0.2) is 0 Å². The Morgan fingerprint density at radius 1 is 1.05 bits per heavy atom. The average Bonchev–Trinajstić information content (AvgIpc) is 2.40. The zero-order chi connectivity index (χ0) is 13.4. The summed E-state index contributed by atoms with van der Waals surface area (Å²) in [7, 11) is 0. The molecule has 0 amide bonds. The van der Waals surface area contributed by atoms with E-state index in [9.17, 15) is 4.39 Å². The molecule has 0 radical (unpaired) electrons. The van der Waals surface area contributed by atoms with Gasteiger partial charge in [0.15, 0.2) is 0 Å². The van der Waals surface area contributed by atoms with Crippen LogP contribution in [0.25, 0.3) is 0 Å². The summed E-state index contributed by atoms with van der Waals surface area (Å²) in [5, 5.41) is 0. The van der Waals surface area contributed by atoms with Crippen LogP contribution in [0.1, 0.15) is 23.6 Å². The van der Waals surface area contributed by atoms with Crippen molar-refractivity contribution in [2.45, 2.75) is 19.4 Å². The summed E-state index contributed by atoms with van der Waals surface area (Å²) in [5.74, 6) is -0.207. The van der Waals surface area contributed by atoms with E-state index in [1.54, 1.807) is 12.1 Å². The molecule has 1 nitrogen and oxygen atoms in total. The smallest absolute Gasteiger partial charge is 0.123 e. The summed E-state index contributed by atoms with van der Waals surface area (Å²) in [6.45, 7) is 6.15. The molecule has 1 heterocycles. The topological polar surface area (TPSA) is 3.24 Å². The van der Waals surface area contributed by atoms with Crippen LogP contribution >= 0.6 is 0 Å². The Balaban J connectivity index is 1.90. The Kier molecular flexibility index (Phi) is 2.86. The maximum absolute atomic E-state index is 13.0. The van der Waals surface area contributed by atoms with Gasteiger partial charge in [0.1, 0.15) is 5.82 Å². The van der Waals surface area contributed by atoms with E-state index in [-0.39, 0.29) is 5.82 Å². The minimum atomic E-state index is -0.207. The third kappa shape index (κ3) is 2.14. The van der Waals surface area contributed by atoms with Gasteiger partial charge in [-0.05, 0) is 36.8 Å². The molecule has 0 saturated carbocycles. The number of hydrogen-bond acceptors (Lipinski definition) is 1. The molecule has 0 spiro atoms. The van der Waals surface area contributed by atoms with Crippen LogP contribution in [0, 0.1) is 12.7 Å². The number of anilines is 1. The number of benzene rings is 2. The minimum absolute atomic E-state index is 0.207. The van der Waals surface area contributed by atoms with Gasteiger partial charge in [-0.1, -0.05) is 36.4 Å². The second-order valence-electron chi connectivity index (χ2n) is 5.04. The summed E-state index contributed by atoms with van der Waals surface area (Å²) in [6.07, 6.45) is 0.959. The van der Waals surface area contributed by atoms with Crippen molar-refractivity contribution in [3.8, 4) is 0 Å². The number of halogens is 1. The Morgan fingerprint density at radius 2 is 1.68 bits per heavy atom. The quantitative estimate of drug-likeness (QED) is 0.756. The van der Waals surface area contributed by atoms with Crippen molar-refractivity contribution in [1.29, 1.82) is 0 Å². The first kappa shape index (κ1) is 12.0. The molecule has 96 valence electrons. The second kappa shape index (κ2) is 4.54. The first-order chi connectivity index (χ1) is 9.15. The summed E-state index contributed by atoms with van der Waals surface area (Å²) in [5.41, 5.74) is 4.62. The molecule has 1 unspecified atom stereocenters. The van der Waals surface area contributed by atoms with Crippen LogP contribution in [0.5, 0.6) is 0 Å². The lowest BCUT2D eigenvalue weighted by atomic mass is 9.90. The van der Waals surface area contributed by atoms with Crippen molar-refractivity contribution in [1.82, 2.24) is 0 Å². The van der Waals surface area contributed by atoms with Gasteiger partial charge in [-0.25, -0.2) is 4.39 Å². The maximum Gasteiger partial charge on any atom is 0.123 e. The van der Waals surface area contributed by atoms with E-state index in [0.29, 0.717) is 6.04 Å².